The summed E-state index contributed by atoms with van der Waals surface area (Å²) in [5.74, 6) is -1.47. The Morgan fingerprint density at radius 3 is 2.61 bits per heavy atom. The van der Waals surface area contributed by atoms with Crippen molar-refractivity contribution < 1.29 is 23.8 Å². The maximum atomic E-state index is 12.4. The summed E-state index contributed by atoms with van der Waals surface area (Å²) < 4.78 is 11.1. The van der Waals surface area contributed by atoms with Gasteiger partial charge in [0.25, 0.3) is 5.91 Å². The fourth-order valence-electron chi connectivity index (χ4n) is 3.02. The highest BCUT2D eigenvalue weighted by Crippen LogP contribution is 2.29. The van der Waals surface area contributed by atoms with Gasteiger partial charge in [-0.3, -0.25) is 4.79 Å². The Kier molecular flexibility index (Phi) is 7.20. The number of hydrogen-bond donors (Lipinski definition) is 1. The lowest BCUT2D eigenvalue weighted by atomic mass is 10.0. The first-order valence-electron chi connectivity index (χ1n) is 9.52. The van der Waals surface area contributed by atoms with Crippen molar-refractivity contribution in [2.45, 2.75) is 65.5 Å². The molecular formula is C21H26NO6-. The number of aliphatic carboxylic acids is 1. The first-order valence-corrected chi connectivity index (χ1v) is 9.52. The van der Waals surface area contributed by atoms with E-state index in [9.17, 15) is 19.5 Å². The topological polar surface area (TPSA) is 109 Å². The standard InChI is InChI=1S/C21H27NO6/c1-5-7-8-16(21(25)26)22-20(24)13(4)27-17-10-9-15-14(6-2)11-18(23)28-19(15)12(17)3/h9-11,13,16H,5-8H2,1-4H3,(H,22,24)(H,25,26)/p-1/t13-,16+/m1/s1. The lowest BCUT2D eigenvalue weighted by molar-refractivity contribution is -0.308. The molecule has 1 heterocycles. The molecule has 0 aliphatic carbocycles. The highest BCUT2D eigenvalue weighted by Gasteiger charge is 2.21. The van der Waals surface area contributed by atoms with Crippen LogP contribution in [0, 0.1) is 6.92 Å². The van der Waals surface area contributed by atoms with Crippen molar-refractivity contribution in [3.8, 4) is 5.75 Å². The average Bonchev–Trinajstić information content (AvgIpc) is 2.66. The Bertz CT molecular complexity index is 917. The van der Waals surface area contributed by atoms with Gasteiger partial charge in [-0.05, 0) is 44.4 Å². The molecule has 0 fully saturated rings. The molecule has 0 aliphatic rings. The molecule has 7 nitrogen and oxygen atoms in total. The molecule has 1 aromatic carbocycles. The van der Waals surface area contributed by atoms with Crippen LogP contribution in [0.5, 0.6) is 5.75 Å². The van der Waals surface area contributed by atoms with Crippen LogP contribution in [0.25, 0.3) is 11.0 Å². The van der Waals surface area contributed by atoms with E-state index in [2.05, 4.69) is 5.32 Å². The number of ether oxygens (including phenoxy) is 1. The van der Waals surface area contributed by atoms with Gasteiger partial charge >= 0.3 is 5.63 Å². The molecule has 0 saturated heterocycles. The number of fused-ring (bicyclic) bond motifs is 1. The Morgan fingerprint density at radius 2 is 2.00 bits per heavy atom. The highest BCUT2D eigenvalue weighted by molar-refractivity contribution is 5.87. The van der Waals surface area contributed by atoms with Crippen LogP contribution in [0.3, 0.4) is 0 Å². The number of carboxylic acid groups (broad SMARTS) is 1. The van der Waals surface area contributed by atoms with Crippen LogP contribution in [0.2, 0.25) is 0 Å². The number of amides is 1. The summed E-state index contributed by atoms with van der Waals surface area (Å²) in [7, 11) is 0. The number of carbonyl (C=O) groups is 2. The van der Waals surface area contributed by atoms with E-state index in [4.69, 9.17) is 9.15 Å². The predicted molar refractivity (Wildman–Crippen MR) is 103 cm³/mol. The van der Waals surface area contributed by atoms with Crippen LogP contribution in [-0.2, 0) is 16.0 Å². The molecule has 0 radical (unpaired) electrons. The van der Waals surface area contributed by atoms with E-state index in [1.54, 1.807) is 19.1 Å². The molecule has 28 heavy (non-hydrogen) atoms. The van der Waals surface area contributed by atoms with Gasteiger partial charge in [0.1, 0.15) is 11.3 Å². The minimum Gasteiger partial charge on any atom is -0.548 e. The summed E-state index contributed by atoms with van der Waals surface area (Å²) in [6.07, 6.45) is 1.53. The van der Waals surface area contributed by atoms with Gasteiger partial charge < -0.3 is 24.4 Å². The molecule has 2 aromatic rings. The van der Waals surface area contributed by atoms with Crippen molar-refractivity contribution in [3.05, 3.63) is 39.7 Å². The van der Waals surface area contributed by atoms with Gasteiger partial charge in [-0.15, -0.1) is 0 Å². The van der Waals surface area contributed by atoms with Crippen LogP contribution < -0.4 is 20.8 Å². The minimum absolute atomic E-state index is 0.303. The quantitative estimate of drug-likeness (QED) is 0.657. The second kappa shape index (κ2) is 9.39. The van der Waals surface area contributed by atoms with Gasteiger partial charge in [0.15, 0.2) is 6.10 Å². The maximum absolute atomic E-state index is 12.4. The molecule has 1 N–H and O–H groups in total. The summed E-state index contributed by atoms with van der Waals surface area (Å²) in [6, 6.07) is 3.92. The molecule has 0 aliphatic heterocycles. The van der Waals surface area contributed by atoms with Crippen LogP contribution in [0.1, 0.15) is 51.2 Å². The molecule has 0 spiro atoms. The third-order valence-corrected chi connectivity index (χ3v) is 4.70. The Hall–Kier alpha value is -2.83. The SMILES string of the molecule is CCCC[C@H](NC(=O)[C@@H](C)Oc1ccc2c(CC)cc(=O)oc2c1C)C(=O)[O-]. The first-order chi connectivity index (χ1) is 13.3. The molecular weight excluding hydrogens is 362 g/mol. The summed E-state index contributed by atoms with van der Waals surface area (Å²) in [5.41, 5.74) is 1.46. The fourth-order valence-corrected chi connectivity index (χ4v) is 3.02. The lowest BCUT2D eigenvalue weighted by Gasteiger charge is -2.23. The van der Waals surface area contributed by atoms with Crippen LogP contribution in [-0.4, -0.2) is 24.0 Å². The van der Waals surface area contributed by atoms with Gasteiger partial charge in [0, 0.05) is 17.0 Å². The molecule has 2 rings (SSSR count). The maximum Gasteiger partial charge on any atom is 0.336 e. The minimum atomic E-state index is -1.32. The Morgan fingerprint density at radius 1 is 1.29 bits per heavy atom. The monoisotopic (exact) mass is 388 g/mol. The highest BCUT2D eigenvalue weighted by atomic mass is 16.5. The summed E-state index contributed by atoms with van der Waals surface area (Å²) in [4.78, 5) is 35.4. The van der Waals surface area contributed by atoms with E-state index < -0.39 is 29.6 Å². The van der Waals surface area contributed by atoms with Crippen LogP contribution >= 0.6 is 0 Å². The predicted octanol–water partition coefficient (Wildman–Crippen LogP) is 1.86. The number of benzene rings is 1. The lowest BCUT2D eigenvalue weighted by Crippen LogP contribution is -2.51. The third kappa shape index (κ3) is 4.91. The largest absolute Gasteiger partial charge is 0.548 e. The summed E-state index contributed by atoms with van der Waals surface area (Å²) >= 11 is 0. The number of hydrogen-bond acceptors (Lipinski definition) is 6. The molecule has 1 aromatic heterocycles. The number of nitrogens with one attached hydrogen (secondary N) is 1. The first kappa shape index (κ1) is 21.5. The van der Waals surface area contributed by atoms with Crippen molar-refractivity contribution in [2.75, 3.05) is 0 Å². The van der Waals surface area contributed by atoms with Crippen molar-refractivity contribution in [3.63, 3.8) is 0 Å². The number of carboxylic acids is 1. The second-order valence-corrected chi connectivity index (χ2v) is 6.79. The van der Waals surface area contributed by atoms with Gasteiger partial charge in [-0.1, -0.05) is 26.7 Å². The van der Waals surface area contributed by atoms with Crippen LogP contribution in [0.4, 0.5) is 0 Å². The summed E-state index contributed by atoms with van der Waals surface area (Å²) in [6.45, 7) is 7.16. The smallest absolute Gasteiger partial charge is 0.336 e. The van der Waals surface area contributed by atoms with E-state index in [-0.39, 0.29) is 0 Å². The van der Waals surface area contributed by atoms with E-state index in [1.807, 2.05) is 13.8 Å². The van der Waals surface area contributed by atoms with E-state index >= 15 is 0 Å². The molecule has 7 heteroatoms. The number of carbonyl (C=O) groups excluding carboxylic acids is 2. The third-order valence-electron chi connectivity index (χ3n) is 4.70. The zero-order valence-electron chi connectivity index (χ0n) is 16.7. The fraction of sp³-hybridized carbons (Fsp3) is 0.476. The zero-order valence-corrected chi connectivity index (χ0v) is 16.7. The van der Waals surface area contributed by atoms with Crippen molar-refractivity contribution in [1.29, 1.82) is 0 Å². The average molecular weight is 388 g/mol. The van der Waals surface area contributed by atoms with Gasteiger partial charge in [-0.2, -0.15) is 0 Å². The van der Waals surface area contributed by atoms with Gasteiger partial charge in [0.2, 0.25) is 0 Å². The molecule has 0 unspecified atom stereocenters. The van der Waals surface area contributed by atoms with Crippen molar-refractivity contribution in [1.82, 2.24) is 5.32 Å². The molecule has 0 saturated carbocycles. The van der Waals surface area contributed by atoms with Gasteiger partial charge in [0.05, 0.1) is 12.0 Å². The molecule has 1 amide bonds. The number of unbranched alkanes of at least 4 members (excludes halogenated alkanes) is 1. The Balaban J connectivity index is 2.21. The van der Waals surface area contributed by atoms with E-state index in [0.717, 1.165) is 17.4 Å². The molecule has 2 atom stereocenters. The number of rotatable bonds is 9. The van der Waals surface area contributed by atoms with E-state index in [1.165, 1.54) is 13.0 Å². The molecule has 152 valence electrons. The Labute approximate surface area is 163 Å². The zero-order chi connectivity index (χ0) is 20.8. The number of aryl methyl sites for hydroxylation is 2. The van der Waals surface area contributed by atoms with Gasteiger partial charge in [-0.25, -0.2) is 4.79 Å². The van der Waals surface area contributed by atoms with Crippen LogP contribution in [0.15, 0.2) is 27.4 Å². The van der Waals surface area contributed by atoms with E-state index in [0.29, 0.717) is 36.2 Å². The molecule has 0 bridgehead atoms. The summed E-state index contributed by atoms with van der Waals surface area (Å²) in [5, 5.41) is 14.5. The van der Waals surface area contributed by atoms with Crippen molar-refractivity contribution >= 4 is 22.8 Å². The normalized spacial score (nSPS) is 13.1. The second-order valence-electron chi connectivity index (χ2n) is 6.79. The van der Waals surface area contributed by atoms with Crippen molar-refractivity contribution in [2.24, 2.45) is 0 Å².